The van der Waals surface area contributed by atoms with E-state index in [2.05, 4.69) is 10.1 Å². The lowest BCUT2D eigenvalue weighted by Crippen LogP contribution is -2.38. The molecule has 0 bridgehead atoms. The molecule has 1 unspecified atom stereocenters. The molecule has 30 heavy (non-hydrogen) atoms. The van der Waals surface area contributed by atoms with Crippen molar-refractivity contribution in [3.63, 3.8) is 0 Å². The number of hydrogen-bond acceptors (Lipinski definition) is 7. The quantitative estimate of drug-likeness (QED) is 0.485. The molecule has 2 heterocycles. The minimum Gasteiger partial charge on any atom is -0.393 e. The maximum atomic E-state index is 14.3. The van der Waals surface area contributed by atoms with Crippen LogP contribution in [-0.4, -0.2) is 22.9 Å². The number of halogens is 3. The zero-order valence-corrected chi connectivity index (χ0v) is 15.7. The van der Waals surface area contributed by atoms with Crippen LogP contribution < -0.4 is 16.6 Å². The van der Waals surface area contributed by atoms with Crippen molar-refractivity contribution in [3.8, 4) is 11.4 Å². The lowest BCUT2D eigenvalue weighted by Gasteiger charge is -2.27. The number of nitrogens with zero attached hydrogens (tertiary/aromatic N) is 3. The largest absolute Gasteiger partial charge is 0.393 e. The van der Waals surface area contributed by atoms with E-state index in [-0.39, 0.29) is 34.4 Å². The summed E-state index contributed by atoms with van der Waals surface area (Å²) in [6.45, 7) is 0.482. The van der Waals surface area contributed by atoms with E-state index >= 15 is 0 Å². The molecule has 156 valence electrons. The first-order valence-electron chi connectivity index (χ1n) is 9.16. The highest BCUT2D eigenvalue weighted by Crippen LogP contribution is 2.31. The Morgan fingerprint density at radius 3 is 2.63 bits per heavy atom. The van der Waals surface area contributed by atoms with Gasteiger partial charge in [0.1, 0.15) is 29.3 Å². The average molecular weight is 417 g/mol. The van der Waals surface area contributed by atoms with Gasteiger partial charge in [0.25, 0.3) is 5.89 Å². The summed E-state index contributed by atoms with van der Waals surface area (Å²) in [5, 5.41) is 4.76. The topological polar surface area (TPSA) is 103 Å². The number of benzene rings is 2. The Labute approximate surface area is 169 Å². The third kappa shape index (κ3) is 3.74. The van der Waals surface area contributed by atoms with Gasteiger partial charge in [0.2, 0.25) is 5.82 Å². The van der Waals surface area contributed by atoms with Crippen molar-refractivity contribution in [2.24, 2.45) is 11.6 Å². The molecule has 1 saturated heterocycles. The van der Waals surface area contributed by atoms with Gasteiger partial charge in [-0.1, -0.05) is 17.3 Å². The van der Waals surface area contributed by atoms with Crippen LogP contribution in [0, 0.1) is 17.5 Å². The number of rotatable bonds is 5. The summed E-state index contributed by atoms with van der Waals surface area (Å²) in [4.78, 5) is 4.07. The Kier molecular flexibility index (Phi) is 5.42. The molecule has 2 aromatic carbocycles. The van der Waals surface area contributed by atoms with E-state index in [4.69, 9.17) is 20.8 Å². The van der Waals surface area contributed by atoms with E-state index in [1.165, 1.54) is 18.2 Å². The van der Waals surface area contributed by atoms with Crippen LogP contribution in [-0.2, 0) is 4.74 Å². The Hall–Kier alpha value is -3.37. The molecular weight excluding hydrogens is 399 g/mol. The third-order valence-corrected chi connectivity index (χ3v) is 4.71. The highest BCUT2D eigenvalue weighted by atomic mass is 19.1. The summed E-state index contributed by atoms with van der Waals surface area (Å²) in [5.41, 5.74) is 6.32. The van der Waals surface area contributed by atoms with Crippen molar-refractivity contribution in [2.45, 2.75) is 18.9 Å². The van der Waals surface area contributed by atoms with Crippen molar-refractivity contribution in [1.82, 2.24) is 10.1 Å². The van der Waals surface area contributed by atoms with E-state index in [9.17, 15) is 13.2 Å². The van der Waals surface area contributed by atoms with E-state index in [0.29, 0.717) is 13.0 Å². The number of ether oxygens (including phenoxy) is 1. The molecule has 3 aromatic rings. The number of hydrazine groups is 1. The van der Waals surface area contributed by atoms with Crippen LogP contribution in [0.15, 0.2) is 52.7 Å². The van der Waals surface area contributed by atoms with Crippen LogP contribution in [0.3, 0.4) is 0 Å². The van der Waals surface area contributed by atoms with Gasteiger partial charge in [-0.25, -0.2) is 19.0 Å². The van der Waals surface area contributed by atoms with Crippen molar-refractivity contribution in [3.05, 3.63) is 71.5 Å². The predicted octanol–water partition coefficient (Wildman–Crippen LogP) is 3.34. The van der Waals surface area contributed by atoms with Crippen molar-refractivity contribution in [2.75, 3.05) is 11.6 Å². The Morgan fingerprint density at radius 1 is 1.10 bits per heavy atom. The van der Waals surface area contributed by atoms with E-state index in [1.807, 2.05) is 0 Å². The van der Waals surface area contributed by atoms with Gasteiger partial charge in [-0.2, -0.15) is 4.98 Å². The molecule has 1 fully saturated rings. The predicted molar refractivity (Wildman–Crippen MR) is 103 cm³/mol. The molecule has 1 aliphatic rings. The summed E-state index contributed by atoms with van der Waals surface area (Å²) in [5.74, 6) is 3.89. The first kappa shape index (κ1) is 19.9. The fraction of sp³-hybridized carbons (Fsp3) is 0.200. The van der Waals surface area contributed by atoms with E-state index < -0.39 is 23.6 Å². The lowest BCUT2D eigenvalue weighted by atomic mass is 10.1. The highest BCUT2D eigenvalue weighted by Gasteiger charge is 2.30. The second-order valence-corrected chi connectivity index (χ2v) is 6.67. The Bertz CT molecular complexity index is 1100. The number of nitrogens with two attached hydrogens (primary N) is 2. The third-order valence-electron chi connectivity index (χ3n) is 4.71. The fourth-order valence-electron chi connectivity index (χ4n) is 3.25. The number of para-hydroxylation sites is 1. The minimum atomic E-state index is -0.725. The Balaban J connectivity index is 1.78. The smallest absolute Gasteiger partial charge is 0.276 e. The molecule has 7 nitrogen and oxygen atoms in total. The van der Waals surface area contributed by atoms with Crippen LogP contribution >= 0.6 is 0 Å². The average Bonchev–Trinajstić information content (AvgIpc) is 3.42. The molecule has 0 aliphatic carbocycles. The molecule has 1 atom stereocenters. The molecule has 1 aliphatic heterocycles. The summed E-state index contributed by atoms with van der Waals surface area (Å²) >= 11 is 0. The van der Waals surface area contributed by atoms with E-state index in [0.717, 1.165) is 29.6 Å². The van der Waals surface area contributed by atoms with Gasteiger partial charge in [0, 0.05) is 6.61 Å². The summed E-state index contributed by atoms with van der Waals surface area (Å²) < 4.78 is 52.7. The highest BCUT2D eigenvalue weighted by molar-refractivity contribution is 5.68. The summed E-state index contributed by atoms with van der Waals surface area (Å²) in [7, 11) is 0. The normalized spacial score (nSPS) is 17.1. The zero-order chi connectivity index (χ0) is 21.3. The van der Waals surface area contributed by atoms with Gasteiger partial charge in [-0.05, 0) is 43.2 Å². The second-order valence-electron chi connectivity index (χ2n) is 6.67. The van der Waals surface area contributed by atoms with Crippen LogP contribution in [0.1, 0.15) is 18.7 Å². The standard InChI is InChI=1S/C20H18F3N5O2/c21-11-7-8-13(22)12(10-11)19-26-20(30-27-19)17(24)18(16-6-3-9-29-16)28(25)15-5-2-1-4-14(15)23/h1-2,4-5,7-8,10,16H,3,6,9,24-25H2/b18-17-. The second kappa shape index (κ2) is 8.17. The number of anilines is 1. The Morgan fingerprint density at radius 2 is 1.90 bits per heavy atom. The van der Waals surface area contributed by atoms with Crippen LogP contribution in [0.25, 0.3) is 17.1 Å². The van der Waals surface area contributed by atoms with Gasteiger partial charge in [0.15, 0.2) is 0 Å². The molecule has 0 radical (unpaired) electrons. The first-order chi connectivity index (χ1) is 14.5. The van der Waals surface area contributed by atoms with Crippen LogP contribution in [0.5, 0.6) is 0 Å². The van der Waals surface area contributed by atoms with Crippen LogP contribution in [0.4, 0.5) is 18.9 Å². The monoisotopic (exact) mass is 417 g/mol. The maximum Gasteiger partial charge on any atom is 0.276 e. The number of hydrogen-bond donors (Lipinski definition) is 2. The zero-order valence-electron chi connectivity index (χ0n) is 15.7. The molecule has 10 heteroatoms. The molecule has 0 saturated carbocycles. The molecule has 4 N–H and O–H groups in total. The minimum absolute atomic E-state index is 0.0526. The van der Waals surface area contributed by atoms with Crippen molar-refractivity contribution < 1.29 is 22.4 Å². The van der Waals surface area contributed by atoms with Gasteiger partial charge < -0.3 is 15.0 Å². The van der Waals surface area contributed by atoms with E-state index in [1.54, 1.807) is 6.07 Å². The van der Waals surface area contributed by atoms with Gasteiger partial charge in [0.05, 0.1) is 16.9 Å². The van der Waals surface area contributed by atoms with Crippen molar-refractivity contribution in [1.29, 1.82) is 0 Å². The molecule has 1 aromatic heterocycles. The van der Waals surface area contributed by atoms with Gasteiger partial charge >= 0.3 is 0 Å². The number of aromatic nitrogens is 2. The summed E-state index contributed by atoms with van der Waals surface area (Å²) in [6.07, 6.45) is 0.823. The molecule has 0 amide bonds. The SMILES string of the molecule is N/C(=C(/C1CCCO1)N(N)c1ccccc1F)c1nc(-c2cc(F)ccc2F)no1. The maximum absolute atomic E-state index is 14.3. The van der Waals surface area contributed by atoms with Crippen LogP contribution in [0.2, 0.25) is 0 Å². The van der Waals surface area contributed by atoms with Gasteiger partial charge in [-0.15, -0.1) is 0 Å². The fourth-order valence-corrected chi connectivity index (χ4v) is 3.25. The van der Waals surface area contributed by atoms with Crippen molar-refractivity contribution >= 4 is 11.4 Å². The van der Waals surface area contributed by atoms with Gasteiger partial charge in [-0.3, -0.25) is 5.01 Å². The molecule has 4 rings (SSSR count). The molecular formula is C20H18F3N5O2. The lowest BCUT2D eigenvalue weighted by molar-refractivity contribution is 0.135. The molecule has 0 spiro atoms. The first-order valence-corrected chi connectivity index (χ1v) is 9.16. The summed E-state index contributed by atoms with van der Waals surface area (Å²) in [6, 6.07) is 8.78.